The third kappa shape index (κ3) is 5.14. The van der Waals surface area contributed by atoms with E-state index in [1.807, 2.05) is 33.8 Å². The summed E-state index contributed by atoms with van der Waals surface area (Å²) in [5, 5.41) is 8.95. The van der Waals surface area contributed by atoms with Crippen molar-refractivity contribution in [3.05, 3.63) is 27.9 Å². The Bertz CT molecular complexity index is 735. The average Bonchev–Trinajstić information content (AvgIpc) is 2.97. The maximum absolute atomic E-state index is 12.3. The highest BCUT2D eigenvalue weighted by atomic mass is 16.2. The van der Waals surface area contributed by atoms with Crippen molar-refractivity contribution in [3.63, 3.8) is 0 Å². The molecule has 0 saturated carbocycles. The SMILES string of the molecule is Cc1cc(C)n(CCNC(=O)[C@@H]2C[C@@H](NC(=O)C(C)(C)C)CN2)c(=O)n1. The topological polar surface area (TPSA) is 105 Å². The predicted octanol–water partition coefficient (Wildman–Crippen LogP) is -0.131. The van der Waals surface area contributed by atoms with Crippen LogP contribution >= 0.6 is 0 Å². The van der Waals surface area contributed by atoms with Crippen LogP contribution in [0, 0.1) is 19.3 Å². The second kappa shape index (κ2) is 7.99. The summed E-state index contributed by atoms with van der Waals surface area (Å²) in [6.07, 6.45) is 0.554. The Hall–Kier alpha value is -2.22. The molecule has 0 aromatic carbocycles. The van der Waals surface area contributed by atoms with Gasteiger partial charge in [0.2, 0.25) is 11.8 Å². The lowest BCUT2D eigenvalue weighted by molar-refractivity contribution is -0.129. The summed E-state index contributed by atoms with van der Waals surface area (Å²) in [6, 6.07) is 1.45. The number of aryl methyl sites for hydroxylation is 2. The molecule has 0 aliphatic carbocycles. The van der Waals surface area contributed by atoms with Crippen LogP contribution in [0.4, 0.5) is 0 Å². The summed E-state index contributed by atoms with van der Waals surface area (Å²) < 4.78 is 1.54. The molecule has 2 heterocycles. The van der Waals surface area contributed by atoms with Crippen molar-refractivity contribution in [1.29, 1.82) is 0 Å². The third-order valence-electron chi connectivity index (χ3n) is 4.44. The second-order valence-corrected chi connectivity index (χ2v) is 7.88. The molecule has 1 aromatic heterocycles. The standard InChI is InChI=1S/C18H29N5O3/c1-11-8-12(2)23(17(26)21-11)7-6-19-15(24)14-9-13(10-20-14)22-16(25)18(3,4)5/h8,13-14,20H,6-7,9-10H2,1-5H3,(H,19,24)(H,22,25)/t13-,14+/m1/s1. The van der Waals surface area contributed by atoms with Gasteiger partial charge in [-0.2, -0.15) is 4.98 Å². The van der Waals surface area contributed by atoms with Gasteiger partial charge < -0.3 is 16.0 Å². The van der Waals surface area contributed by atoms with E-state index >= 15 is 0 Å². The number of hydrogen-bond acceptors (Lipinski definition) is 5. The zero-order valence-corrected chi connectivity index (χ0v) is 16.2. The van der Waals surface area contributed by atoms with Crippen LogP contribution < -0.4 is 21.6 Å². The van der Waals surface area contributed by atoms with Gasteiger partial charge in [-0.25, -0.2) is 4.79 Å². The van der Waals surface area contributed by atoms with E-state index in [1.165, 1.54) is 0 Å². The van der Waals surface area contributed by atoms with Crippen LogP contribution in [0.2, 0.25) is 0 Å². The fourth-order valence-corrected chi connectivity index (χ4v) is 2.91. The molecule has 1 aliphatic heterocycles. The number of carbonyl (C=O) groups excluding carboxylic acids is 2. The number of hydrogen-bond donors (Lipinski definition) is 3. The van der Waals surface area contributed by atoms with E-state index in [0.717, 1.165) is 5.69 Å². The normalized spacial score (nSPS) is 20.0. The number of nitrogens with zero attached hydrogens (tertiary/aromatic N) is 2. The van der Waals surface area contributed by atoms with Gasteiger partial charge in [-0.15, -0.1) is 0 Å². The monoisotopic (exact) mass is 363 g/mol. The van der Waals surface area contributed by atoms with Crippen molar-refractivity contribution >= 4 is 11.8 Å². The Morgan fingerprint density at radius 2 is 2.04 bits per heavy atom. The summed E-state index contributed by atoms with van der Waals surface area (Å²) in [7, 11) is 0. The number of nitrogens with one attached hydrogen (secondary N) is 3. The van der Waals surface area contributed by atoms with Gasteiger partial charge >= 0.3 is 5.69 Å². The molecule has 1 aliphatic rings. The molecule has 1 aromatic rings. The van der Waals surface area contributed by atoms with E-state index in [1.54, 1.807) is 11.5 Å². The molecular formula is C18H29N5O3. The third-order valence-corrected chi connectivity index (χ3v) is 4.44. The molecule has 8 nitrogen and oxygen atoms in total. The van der Waals surface area contributed by atoms with Gasteiger partial charge in [-0.3, -0.25) is 14.2 Å². The van der Waals surface area contributed by atoms with Crippen LogP contribution in [0.5, 0.6) is 0 Å². The van der Waals surface area contributed by atoms with Crippen LogP contribution in [0.15, 0.2) is 10.9 Å². The maximum atomic E-state index is 12.3. The summed E-state index contributed by atoms with van der Waals surface area (Å²) in [5.74, 6) is -0.143. The Morgan fingerprint density at radius 1 is 1.35 bits per heavy atom. The van der Waals surface area contributed by atoms with E-state index in [4.69, 9.17) is 0 Å². The summed E-state index contributed by atoms with van der Waals surface area (Å²) in [4.78, 5) is 40.1. The summed E-state index contributed by atoms with van der Waals surface area (Å²) >= 11 is 0. The molecule has 0 unspecified atom stereocenters. The van der Waals surface area contributed by atoms with Crippen molar-refractivity contribution in [2.75, 3.05) is 13.1 Å². The Kier molecular flexibility index (Phi) is 6.17. The van der Waals surface area contributed by atoms with Gasteiger partial charge in [0.05, 0.1) is 6.04 Å². The second-order valence-electron chi connectivity index (χ2n) is 7.88. The Labute approximate surface area is 153 Å². The van der Waals surface area contributed by atoms with E-state index in [9.17, 15) is 14.4 Å². The van der Waals surface area contributed by atoms with Gasteiger partial charge in [-0.1, -0.05) is 20.8 Å². The van der Waals surface area contributed by atoms with E-state index in [2.05, 4.69) is 20.9 Å². The number of carbonyl (C=O) groups is 2. The van der Waals surface area contributed by atoms with Gasteiger partial charge in [0.1, 0.15) is 0 Å². The molecule has 144 valence electrons. The minimum absolute atomic E-state index is 0.0212. The van der Waals surface area contributed by atoms with Gasteiger partial charge in [0.15, 0.2) is 0 Å². The summed E-state index contributed by atoms with van der Waals surface area (Å²) in [5.41, 5.74) is 0.751. The van der Waals surface area contributed by atoms with Crippen LogP contribution in [0.3, 0.4) is 0 Å². The molecule has 2 amide bonds. The lowest BCUT2D eigenvalue weighted by atomic mass is 9.95. The minimum atomic E-state index is -0.451. The molecule has 1 fully saturated rings. The van der Waals surface area contributed by atoms with Gasteiger partial charge in [0, 0.05) is 42.5 Å². The molecular weight excluding hydrogens is 334 g/mol. The molecule has 2 rings (SSSR count). The van der Waals surface area contributed by atoms with Crippen LogP contribution in [0.1, 0.15) is 38.6 Å². The first-order valence-corrected chi connectivity index (χ1v) is 8.95. The molecule has 0 bridgehead atoms. The highest BCUT2D eigenvalue weighted by Gasteiger charge is 2.32. The fraction of sp³-hybridized carbons (Fsp3) is 0.667. The van der Waals surface area contributed by atoms with E-state index < -0.39 is 5.41 Å². The quantitative estimate of drug-likeness (QED) is 0.676. The number of rotatable bonds is 5. The molecule has 3 N–H and O–H groups in total. The predicted molar refractivity (Wildman–Crippen MR) is 98.8 cm³/mol. The first-order chi connectivity index (χ1) is 12.1. The lowest BCUT2D eigenvalue weighted by Gasteiger charge is -2.21. The van der Waals surface area contributed by atoms with E-state index in [0.29, 0.717) is 31.7 Å². The number of aromatic nitrogens is 2. The maximum Gasteiger partial charge on any atom is 0.348 e. The Balaban J connectivity index is 1.81. The molecule has 26 heavy (non-hydrogen) atoms. The molecule has 8 heteroatoms. The van der Waals surface area contributed by atoms with Gasteiger partial charge in [0.25, 0.3) is 0 Å². The number of amides is 2. The lowest BCUT2D eigenvalue weighted by Crippen LogP contribution is -2.43. The van der Waals surface area contributed by atoms with Gasteiger partial charge in [-0.05, 0) is 26.3 Å². The Morgan fingerprint density at radius 3 is 2.65 bits per heavy atom. The highest BCUT2D eigenvalue weighted by Crippen LogP contribution is 2.15. The van der Waals surface area contributed by atoms with Crippen molar-refractivity contribution < 1.29 is 9.59 Å². The zero-order valence-electron chi connectivity index (χ0n) is 16.2. The van der Waals surface area contributed by atoms with Crippen molar-refractivity contribution in [1.82, 2.24) is 25.5 Å². The van der Waals surface area contributed by atoms with Crippen LogP contribution in [-0.4, -0.2) is 46.5 Å². The van der Waals surface area contributed by atoms with E-state index in [-0.39, 0.29) is 29.6 Å². The smallest absolute Gasteiger partial charge is 0.348 e. The average molecular weight is 363 g/mol. The van der Waals surface area contributed by atoms with Crippen molar-refractivity contribution in [2.24, 2.45) is 5.41 Å². The van der Waals surface area contributed by atoms with Crippen molar-refractivity contribution in [2.45, 2.75) is 59.7 Å². The summed E-state index contributed by atoms with van der Waals surface area (Å²) in [6.45, 7) is 10.5. The molecule has 2 atom stereocenters. The zero-order chi connectivity index (χ0) is 19.5. The first-order valence-electron chi connectivity index (χ1n) is 8.95. The molecule has 0 spiro atoms. The highest BCUT2D eigenvalue weighted by molar-refractivity contribution is 5.83. The van der Waals surface area contributed by atoms with Crippen molar-refractivity contribution in [3.8, 4) is 0 Å². The van der Waals surface area contributed by atoms with Crippen LogP contribution in [-0.2, 0) is 16.1 Å². The molecule has 0 radical (unpaired) electrons. The molecule has 1 saturated heterocycles. The largest absolute Gasteiger partial charge is 0.353 e. The fourth-order valence-electron chi connectivity index (χ4n) is 2.91. The minimum Gasteiger partial charge on any atom is -0.353 e. The first kappa shape index (κ1) is 20.1. The van der Waals surface area contributed by atoms with Crippen LogP contribution in [0.25, 0.3) is 0 Å².